The predicted molar refractivity (Wildman–Crippen MR) is 105 cm³/mol. The van der Waals surface area contributed by atoms with Crippen molar-refractivity contribution in [2.24, 2.45) is 11.8 Å². The van der Waals surface area contributed by atoms with Gasteiger partial charge >= 0.3 is 0 Å². The standard InChI is InChI=1S/C22H26F2N2O3/c1-22(2,28)15-7-5-14(6-8-15)13-26-20(27)17-4-3-11-25-21(17)29-19-10-9-16(23)12-18(19)24/h3-4,9-12,14-15,28H,5-8,13H2,1-2H3,(H,26,27)/t14-,15-. The molecule has 1 aromatic carbocycles. The molecular weight excluding hydrogens is 378 g/mol. The molecule has 29 heavy (non-hydrogen) atoms. The first kappa shape index (κ1) is 21.2. The molecule has 0 bridgehead atoms. The molecule has 0 atom stereocenters. The molecule has 0 saturated heterocycles. The highest BCUT2D eigenvalue weighted by atomic mass is 19.1. The Morgan fingerprint density at radius 1 is 1.24 bits per heavy atom. The van der Waals surface area contributed by atoms with Crippen LogP contribution in [0.1, 0.15) is 49.9 Å². The first-order valence-corrected chi connectivity index (χ1v) is 9.82. The van der Waals surface area contributed by atoms with Crippen molar-refractivity contribution < 1.29 is 23.4 Å². The maximum absolute atomic E-state index is 13.9. The Kier molecular flexibility index (Phi) is 6.47. The van der Waals surface area contributed by atoms with Gasteiger partial charge in [-0.1, -0.05) is 0 Å². The summed E-state index contributed by atoms with van der Waals surface area (Å²) in [6.45, 7) is 4.19. The Labute approximate surface area is 169 Å². The minimum Gasteiger partial charge on any atom is -0.435 e. The summed E-state index contributed by atoms with van der Waals surface area (Å²) in [4.78, 5) is 16.7. The van der Waals surface area contributed by atoms with Crippen LogP contribution >= 0.6 is 0 Å². The van der Waals surface area contributed by atoms with Crippen molar-refractivity contribution in [1.82, 2.24) is 10.3 Å². The number of pyridine rings is 1. The average molecular weight is 404 g/mol. The maximum atomic E-state index is 13.9. The van der Waals surface area contributed by atoms with Gasteiger partial charge in [0.05, 0.1) is 5.60 Å². The molecule has 1 amide bonds. The van der Waals surface area contributed by atoms with Crippen LogP contribution in [0.3, 0.4) is 0 Å². The van der Waals surface area contributed by atoms with E-state index in [-0.39, 0.29) is 29.0 Å². The topological polar surface area (TPSA) is 71.5 Å². The second-order valence-corrected chi connectivity index (χ2v) is 8.11. The molecule has 0 spiro atoms. The van der Waals surface area contributed by atoms with Gasteiger partial charge in [-0.25, -0.2) is 13.8 Å². The summed E-state index contributed by atoms with van der Waals surface area (Å²) in [7, 11) is 0. The highest BCUT2D eigenvalue weighted by molar-refractivity contribution is 5.96. The van der Waals surface area contributed by atoms with Crippen LogP contribution in [-0.2, 0) is 0 Å². The third-order valence-electron chi connectivity index (χ3n) is 5.51. The lowest BCUT2D eigenvalue weighted by molar-refractivity contribution is -0.00575. The molecule has 0 unspecified atom stereocenters. The molecule has 7 heteroatoms. The number of hydrogen-bond donors (Lipinski definition) is 2. The maximum Gasteiger partial charge on any atom is 0.256 e. The van der Waals surface area contributed by atoms with Crippen LogP contribution in [0.5, 0.6) is 11.6 Å². The zero-order chi connectivity index (χ0) is 21.0. The Balaban J connectivity index is 1.60. The molecule has 1 fully saturated rings. The van der Waals surface area contributed by atoms with Gasteiger partial charge in [-0.15, -0.1) is 0 Å². The van der Waals surface area contributed by atoms with E-state index >= 15 is 0 Å². The van der Waals surface area contributed by atoms with Gasteiger partial charge in [-0.05, 0) is 75.6 Å². The normalized spacial score (nSPS) is 19.6. The van der Waals surface area contributed by atoms with Crippen LogP contribution < -0.4 is 10.1 Å². The van der Waals surface area contributed by atoms with Crippen molar-refractivity contribution in [2.75, 3.05) is 6.54 Å². The van der Waals surface area contributed by atoms with E-state index in [4.69, 9.17) is 4.74 Å². The number of benzene rings is 1. The van der Waals surface area contributed by atoms with Crippen molar-refractivity contribution in [3.63, 3.8) is 0 Å². The third kappa shape index (κ3) is 5.50. The molecule has 0 radical (unpaired) electrons. The summed E-state index contributed by atoms with van der Waals surface area (Å²) in [5.41, 5.74) is -0.493. The minimum absolute atomic E-state index is 0.0405. The zero-order valence-electron chi connectivity index (χ0n) is 16.6. The van der Waals surface area contributed by atoms with Crippen LogP contribution in [0.4, 0.5) is 8.78 Å². The predicted octanol–water partition coefficient (Wildman–Crippen LogP) is 4.46. The van der Waals surface area contributed by atoms with Gasteiger partial charge in [0.2, 0.25) is 5.88 Å². The summed E-state index contributed by atoms with van der Waals surface area (Å²) in [5.74, 6) is -1.57. The molecule has 5 nitrogen and oxygen atoms in total. The minimum atomic E-state index is -0.870. The smallest absolute Gasteiger partial charge is 0.256 e. The average Bonchev–Trinajstić information content (AvgIpc) is 2.68. The van der Waals surface area contributed by atoms with Gasteiger partial charge in [-0.2, -0.15) is 0 Å². The second-order valence-electron chi connectivity index (χ2n) is 8.11. The first-order chi connectivity index (χ1) is 13.7. The van der Waals surface area contributed by atoms with E-state index in [2.05, 4.69) is 10.3 Å². The summed E-state index contributed by atoms with van der Waals surface area (Å²) < 4.78 is 32.4. The van der Waals surface area contributed by atoms with Gasteiger partial charge in [0.25, 0.3) is 5.91 Å². The molecule has 1 saturated carbocycles. The quantitative estimate of drug-likeness (QED) is 0.746. The molecule has 2 N–H and O–H groups in total. The molecule has 2 aromatic rings. The van der Waals surface area contributed by atoms with Crippen molar-refractivity contribution in [3.05, 3.63) is 53.7 Å². The van der Waals surface area contributed by atoms with Crippen LogP contribution in [0.25, 0.3) is 0 Å². The Morgan fingerprint density at radius 3 is 2.62 bits per heavy atom. The van der Waals surface area contributed by atoms with Gasteiger partial charge in [-0.3, -0.25) is 4.79 Å². The number of ether oxygens (including phenoxy) is 1. The number of carbonyl (C=O) groups excluding carboxylic acids is 1. The van der Waals surface area contributed by atoms with E-state index < -0.39 is 17.2 Å². The fraction of sp³-hybridized carbons (Fsp3) is 0.455. The van der Waals surface area contributed by atoms with Crippen LogP contribution in [0, 0.1) is 23.5 Å². The Hall–Kier alpha value is -2.54. The van der Waals surface area contributed by atoms with Crippen LogP contribution in [-0.4, -0.2) is 28.1 Å². The highest BCUT2D eigenvalue weighted by Gasteiger charge is 2.31. The SMILES string of the molecule is CC(C)(O)[C@H]1CC[C@H](CNC(=O)c2cccnc2Oc2ccc(F)cc2F)CC1. The molecule has 156 valence electrons. The molecule has 3 rings (SSSR count). The molecule has 1 heterocycles. The molecule has 1 aliphatic rings. The number of halogens is 2. The number of rotatable bonds is 6. The van der Waals surface area contributed by atoms with Gasteiger partial charge in [0, 0.05) is 18.8 Å². The van der Waals surface area contributed by atoms with E-state index in [1.54, 1.807) is 12.1 Å². The van der Waals surface area contributed by atoms with Crippen molar-refractivity contribution >= 4 is 5.91 Å². The molecule has 1 aromatic heterocycles. The number of aromatic nitrogens is 1. The molecule has 1 aliphatic carbocycles. The van der Waals surface area contributed by atoms with Gasteiger partial charge < -0.3 is 15.2 Å². The lowest BCUT2D eigenvalue weighted by atomic mass is 9.75. The zero-order valence-corrected chi connectivity index (χ0v) is 16.6. The summed E-state index contributed by atoms with van der Waals surface area (Å²) in [6, 6.07) is 6.08. The van der Waals surface area contributed by atoms with Crippen molar-refractivity contribution in [2.45, 2.75) is 45.1 Å². The Bertz CT molecular complexity index is 859. The number of hydrogen-bond acceptors (Lipinski definition) is 4. The third-order valence-corrected chi connectivity index (χ3v) is 5.51. The van der Waals surface area contributed by atoms with E-state index in [9.17, 15) is 18.7 Å². The first-order valence-electron chi connectivity index (χ1n) is 9.82. The van der Waals surface area contributed by atoms with Gasteiger partial charge in [0.1, 0.15) is 11.4 Å². The lowest BCUT2D eigenvalue weighted by Crippen LogP contribution is -2.37. The van der Waals surface area contributed by atoms with Crippen LogP contribution in [0.15, 0.2) is 36.5 Å². The Morgan fingerprint density at radius 2 is 1.97 bits per heavy atom. The molecule has 0 aliphatic heterocycles. The number of aliphatic hydroxyl groups is 1. The molecular formula is C22H26F2N2O3. The van der Waals surface area contributed by atoms with Crippen LogP contribution in [0.2, 0.25) is 0 Å². The summed E-state index contributed by atoms with van der Waals surface area (Å²) in [5, 5.41) is 13.0. The summed E-state index contributed by atoms with van der Waals surface area (Å²) >= 11 is 0. The van der Waals surface area contributed by atoms with E-state index in [0.29, 0.717) is 18.5 Å². The second kappa shape index (κ2) is 8.86. The van der Waals surface area contributed by atoms with E-state index in [1.807, 2.05) is 13.8 Å². The summed E-state index contributed by atoms with van der Waals surface area (Å²) in [6.07, 6.45) is 5.16. The van der Waals surface area contributed by atoms with Crippen molar-refractivity contribution in [1.29, 1.82) is 0 Å². The number of carbonyl (C=O) groups is 1. The number of nitrogens with zero attached hydrogens (tertiary/aromatic N) is 1. The largest absolute Gasteiger partial charge is 0.435 e. The fourth-order valence-electron chi connectivity index (χ4n) is 3.71. The monoisotopic (exact) mass is 404 g/mol. The van der Waals surface area contributed by atoms with E-state index in [1.165, 1.54) is 6.20 Å². The van der Waals surface area contributed by atoms with E-state index in [0.717, 1.165) is 37.8 Å². The van der Waals surface area contributed by atoms with Gasteiger partial charge in [0.15, 0.2) is 11.6 Å². The fourth-order valence-corrected chi connectivity index (χ4v) is 3.71. The number of amides is 1. The number of nitrogens with one attached hydrogen (secondary N) is 1. The van der Waals surface area contributed by atoms with Crippen molar-refractivity contribution in [3.8, 4) is 11.6 Å². The highest BCUT2D eigenvalue weighted by Crippen LogP contribution is 2.35. The lowest BCUT2D eigenvalue weighted by Gasteiger charge is -2.35.